The molecule has 0 aromatic heterocycles. The monoisotopic (exact) mass is 314 g/mol. The summed E-state index contributed by atoms with van der Waals surface area (Å²) < 4.78 is 10.1. The van der Waals surface area contributed by atoms with Gasteiger partial charge in [-0.15, -0.1) is 0 Å². The third-order valence-corrected chi connectivity index (χ3v) is 4.07. The van der Waals surface area contributed by atoms with E-state index < -0.39 is 36.6 Å². The molecule has 0 spiro atoms. The molecule has 2 unspecified atom stereocenters. The first-order chi connectivity index (χ1) is 10.3. The Morgan fingerprint density at radius 2 is 1.91 bits per heavy atom. The van der Waals surface area contributed by atoms with E-state index in [9.17, 15) is 25.5 Å². The summed E-state index contributed by atoms with van der Waals surface area (Å²) in [6.07, 6.45) is -5.33. The van der Waals surface area contributed by atoms with Crippen LogP contribution in [0.1, 0.15) is 25.0 Å². The fourth-order valence-electron chi connectivity index (χ4n) is 2.65. The molecule has 124 valence electrons. The Balaban J connectivity index is 2.12. The first-order valence-corrected chi connectivity index (χ1v) is 7.09. The zero-order valence-corrected chi connectivity index (χ0v) is 12.5. The molecule has 0 bridgehead atoms. The lowest BCUT2D eigenvalue weighted by Crippen LogP contribution is -2.53. The lowest BCUT2D eigenvalue weighted by Gasteiger charge is -2.40. The predicted molar refractivity (Wildman–Crippen MR) is 76.3 cm³/mol. The summed E-state index contributed by atoms with van der Waals surface area (Å²) in [7, 11) is 1.39. The number of phenolic OH excluding ortho intramolecular Hbond substituents is 1. The van der Waals surface area contributed by atoms with Gasteiger partial charge in [-0.1, -0.05) is 6.07 Å². The quantitative estimate of drug-likeness (QED) is 0.526. The summed E-state index contributed by atoms with van der Waals surface area (Å²) in [6, 6.07) is 4.38. The number of methoxy groups -OCH3 is 1. The molecule has 1 heterocycles. The third kappa shape index (κ3) is 3.34. The summed E-state index contributed by atoms with van der Waals surface area (Å²) in [5, 5.41) is 49.6. The van der Waals surface area contributed by atoms with Gasteiger partial charge in [0.05, 0.1) is 25.4 Å². The Hall–Kier alpha value is -1.38. The minimum atomic E-state index is -1.28. The van der Waals surface area contributed by atoms with Crippen LogP contribution in [-0.2, 0) is 4.74 Å². The molecule has 1 aromatic carbocycles. The molecule has 1 aromatic rings. The SMILES string of the molecule is COc1cc(C(O)C[C@@H]2C(O)O[C@@H](C)[C@@H](O)[C@H]2O)ccc1O. The number of aliphatic hydroxyl groups excluding tert-OH is 4. The van der Waals surface area contributed by atoms with Gasteiger partial charge in [-0.2, -0.15) is 0 Å². The number of ether oxygens (including phenoxy) is 2. The number of hydrogen-bond donors (Lipinski definition) is 5. The molecule has 6 atom stereocenters. The van der Waals surface area contributed by atoms with Gasteiger partial charge in [0.25, 0.3) is 0 Å². The van der Waals surface area contributed by atoms with Crippen molar-refractivity contribution in [1.82, 2.24) is 0 Å². The number of phenols is 1. The van der Waals surface area contributed by atoms with E-state index in [0.29, 0.717) is 5.56 Å². The Bertz CT molecular complexity index is 507. The van der Waals surface area contributed by atoms with Crippen molar-refractivity contribution >= 4 is 0 Å². The maximum Gasteiger partial charge on any atom is 0.160 e. The summed E-state index contributed by atoms with van der Waals surface area (Å²) in [6.45, 7) is 1.55. The number of benzene rings is 1. The first-order valence-electron chi connectivity index (χ1n) is 7.09. The molecule has 22 heavy (non-hydrogen) atoms. The van der Waals surface area contributed by atoms with Crippen LogP contribution < -0.4 is 4.74 Å². The molecular weight excluding hydrogens is 292 g/mol. The van der Waals surface area contributed by atoms with Crippen LogP contribution in [0.5, 0.6) is 11.5 Å². The van der Waals surface area contributed by atoms with Crippen LogP contribution in [0.25, 0.3) is 0 Å². The molecule has 5 N–H and O–H groups in total. The zero-order valence-electron chi connectivity index (χ0n) is 12.5. The van der Waals surface area contributed by atoms with Crippen molar-refractivity contribution in [1.29, 1.82) is 0 Å². The molecule has 1 aliphatic heterocycles. The summed E-state index contributed by atoms with van der Waals surface area (Å²) >= 11 is 0. The smallest absolute Gasteiger partial charge is 0.160 e. The standard InChI is InChI=1S/C15H22O7/c1-7-13(18)14(19)9(15(20)22-7)6-11(17)8-3-4-10(16)12(5-8)21-2/h3-5,7,9,11,13-20H,6H2,1-2H3/t7-,9-,11?,13+,14-,15?/m0/s1. The minimum absolute atomic E-state index is 0.0138. The lowest BCUT2D eigenvalue weighted by atomic mass is 9.85. The van der Waals surface area contributed by atoms with Crippen LogP contribution in [0.2, 0.25) is 0 Å². The van der Waals surface area contributed by atoms with Gasteiger partial charge in [-0.3, -0.25) is 0 Å². The largest absolute Gasteiger partial charge is 0.504 e. The second-order valence-electron chi connectivity index (χ2n) is 5.56. The van der Waals surface area contributed by atoms with Gasteiger partial charge < -0.3 is 35.0 Å². The minimum Gasteiger partial charge on any atom is -0.504 e. The zero-order chi connectivity index (χ0) is 16.4. The maximum absolute atomic E-state index is 10.3. The molecule has 7 nitrogen and oxygen atoms in total. The van der Waals surface area contributed by atoms with Crippen LogP contribution in [-0.4, -0.2) is 57.2 Å². The number of aliphatic hydroxyl groups is 4. The normalized spacial score (nSPS) is 33.5. The second kappa shape index (κ2) is 6.80. The van der Waals surface area contributed by atoms with Gasteiger partial charge >= 0.3 is 0 Å². The molecule has 2 rings (SSSR count). The maximum atomic E-state index is 10.3. The number of rotatable bonds is 4. The van der Waals surface area contributed by atoms with Crippen molar-refractivity contribution < 1.29 is 35.0 Å². The molecule has 1 saturated heterocycles. The van der Waals surface area contributed by atoms with E-state index in [1.54, 1.807) is 6.92 Å². The van der Waals surface area contributed by atoms with Gasteiger partial charge in [0.2, 0.25) is 0 Å². The van der Waals surface area contributed by atoms with Gasteiger partial charge in [0.15, 0.2) is 17.8 Å². The van der Waals surface area contributed by atoms with Gasteiger partial charge in [-0.05, 0) is 31.0 Å². The topological polar surface area (TPSA) is 120 Å². The van der Waals surface area contributed by atoms with Crippen molar-refractivity contribution in [2.45, 2.75) is 44.1 Å². The Kier molecular flexibility index (Phi) is 5.25. The fraction of sp³-hybridized carbons (Fsp3) is 0.600. The molecule has 0 amide bonds. The molecular formula is C15H22O7. The summed E-state index contributed by atoms with van der Waals surface area (Å²) in [5.41, 5.74) is 0.460. The predicted octanol–water partition coefficient (Wildman–Crippen LogP) is -0.101. The van der Waals surface area contributed by atoms with E-state index >= 15 is 0 Å². The van der Waals surface area contributed by atoms with Crippen molar-refractivity contribution in [3.05, 3.63) is 23.8 Å². The molecule has 1 fully saturated rings. The molecule has 0 saturated carbocycles. The van der Waals surface area contributed by atoms with Crippen LogP contribution in [0.3, 0.4) is 0 Å². The Morgan fingerprint density at radius 1 is 1.23 bits per heavy atom. The van der Waals surface area contributed by atoms with Gasteiger partial charge in [0.1, 0.15) is 6.10 Å². The number of hydrogen-bond acceptors (Lipinski definition) is 7. The van der Waals surface area contributed by atoms with E-state index in [0.717, 1.165) is 0 Å². The van der Waals surface area contributed by atoms with E-state index in [2.05, 4.69) is 0 Å². The van der Waals surface area contributed by atoms with Crippen molar-refractivity contribution in [2.75, 3.05) is 7.11 Å². The van der Waals surface area contributed by atoms with Crippen LogP contribution in [0.15, 0.2) is 18.2 Å². The third-order valence-electron chi connectivity index (χ3n) is 4.07. The fourth-order valence-corrected chi connectivity index (χ4v) is 2.65. The van der Waals surface area contributed by atoms with Crippen molar-refractivity contribution in [2.24, 2.45) is 5.92 Å². The van der Waals surface area contributed by atoms with E-state index in [1.807, 2.05) is 0 Å². The second-order valence-corrected chi connectivity index (χ2v) is 5.56. The highest BCUT2D eigenvalue weighted by Gasteiger charge is 2.42. The van der Waals surface area contributed by atoms with Crippen LogP contribution in [0, 0.1) is 5.92 Å². The highest BCUT2D eigenvalue weighted by molar-refractivity contribution is 5.42. The van der Waals surface area contributed by atoms with Crippen molar-refractivity contribution in [3.8, 4) is 11.5 Å². The van der Waals surface area contributed by atoms with E-state index in [-0.39, 0.29) is 17.9 Å². The molecule has 0 aliphatic carbocycles. The van der Waals surface area contributed by atoms with E-state index in [1.165, 1.54) is 25.3 Å². The van der Waals surface area contributed by atoms with Crippen molar-refractivity contribution in [3.63, 3.8) is 0 Å². The lowest BCUT2D eigenvalue weighted by molar-refractivity contribution is -0.263. The van der Waals surface area contributed by atoms with Gasteiger partial charge in [0, 0.05) is 5.92 Å². The highest BCUT2D eigenvalue weighted by Crippen LogP contribution is 2.35. The van der Waals surface area contributed by atoms with Gasteiger partial charge in [-0.25, -0.2) is 0 Å². The summed E-state index contributed by atoms with van der Waals surface area (Å²) in [4.78, 5) is 0. The highest BCUT2D eigenvalue weighted by atomic mass is 16.6. The summed E-state index contributed by atoms with van der Waals surface area (Å²) in [5.74, 6) is -0.670. The Morgan fingerprint density at radius 3 is 2.55 bits per heavy atom. The Labute approximate surface area is 128 Å². The molecule has 0 radical (unpaired) electrons. The molecule has 1 aliphatic rings. The van der Waals surface area contributed by atoms with Crippen LogP contribution >= 0.6 is 0 Å². The van der Waals surface area contributed by atoms with E-state index in [4.69, 9.17) is 9.47 Å². The number of aromatic hydroxyl groups is 1. The average Bonchev–Trinajstić information content (AvgIpc) is 2.49. The average molecular weight is 314 g/mol. The molecule has 7 heteroatoms. The van der Waals surface area contributed by atoms with Crippen LogP contribution in [0.4, 0.5) is 0 Å². The first kappa shape index (κ1) is 17.0.